The Labute approximate surface area is 140 Å². The fourth-order valence-electron chi connectivity index (χ4n) is 2.00. The third kappa shape index (κ3) is 6.56. The molecule has 0 fully saturated rings. The van der Waals surface area contributed by atoms with Gasteiger partial charge in [-0.05, 0) is 24.3 Å². The number of methoxy groups -OCH3 is 1. The fraction of sp³-hybridized carbons (Fsp3) is 0.500. The van der Waals surface area contributed by atoms with Crippen LogP contribution in [0.25, 0.3) is 0 Å². The number of ether oxygens (including phenoxy) is 2. The summed E-state index contributed by atoms with van der Waals surface area (Å²) < 4.78 is 9.90. The van der Waals surface area contributed by atoms with Gasteiger partial charge in [0.25, 0.3) is 5.91 Å². The number of hydrogen-bond acceptors (Lipinski definition) is 5. The van der Waals surface area contributed by atoms with Crippen molar-refractivity contribution in [1.82, 2.24) is 4.90 Å². The predicted octanol–water partition coefficient (Wildman–Crippen LogP) is 1.60. The number of halogens is 1. The van der Waals surface area contributed by atoms with E-state index < -0.39 is 5.92 Å². The molecule has 1 aromatic rings. The Kier molecular flexibility index (Phi) is 8.61. The molecule has 0 spiro atoms. The third-order valence-corrected chi connectivity index (χ3v) is 3.47. The molecule has 0 heterocycles. The van der Waals surface area contributed by atoms with Crippen LogP contribution in [-0.4, -0.2) is 61.9 Å². The van der Waals surface area contributed by atoms with E-state index in [0.29, 0.717) is 17.1 Å². The highest BCUT2D eigenvalue weighted by molar-refractivity contribution is 6.30. The Balaban J connectivity index is 2.77. The maximum absolute atomic E-state index is 12.6. The van der Waals surface area contributed by atoms with Crippen LogP contribution < -0.4 is 0 Å². The molecule has 1 atom stereocenters. The van der Waals surface area contributed by atoms with Gasteiger partial charge in [0.15, 0.2) is 0 Å². The van der Waals surface area contributed by atoms with Crippen LogP contribution in [0.4, 0.5) is 0 Å². The molecule has 0 aliphatic carbocycles. The van der Waals surface area contributed by atoms with Gasteiger partial charge in [0, 0.05) is 23.7 Å². The van der Waals surface area contributed by atoms with Crippen molar-refractivity contribution in [3.05, 3.63) is 34.9 Å². The second kappa shape index (κ2) is 10.2. The van der Waals surface area contributed by atoms with E-state index in [1.807, 2.05) is 0 Å². The second-order valence-corrected chi connectivity index (χ2v) is 5.45. The molecule has 6 nitrogen and oxygen atoms in total. The van der Waals surface area contributed by atoms with E-state index in [1.54, 1.807) is 31.2 Å². The van der Waals surface area contributed by atoms with Crippen LogP contribution in [0.5, 0.6) is 0 Å². The highest BCUT2D eigenvalue weighted by Crippen LogP contribution is 2.13. The van der Waals surface area contributed by atoms with E-state index in [9.17, 15) is 9.59 Å². The van der Waals surface area contributed by atoms with Gasteiger partial charge in [-0.2, -0.15) is 0 Å². The quantitative estimate of drug-likeness (QED) is 0.544. The first-order chi connectivity index (χ1) is 11.0. The summed E-state index contributed by atoms with van der Waals surface area (Å²) in [6, 6.07) is 6.54. The van der Waals surface area contributed by atoms with Crippen LogP contribution >= 0.6 is 11.6 Å². The van der Waals surface area contributed by atoms with Crippen molar-refractivity contribution in [3.63, 3.8) is 0 Å². The molecule has 0 aromatic heterocycles. The minimum Gasteiger partial charge on any atom is -0.469 e. The molecule has 128 valence electrons. The summed E-state index contributed by atoms with van der Waals surface area (Å²) in [7, 11) is 1.31. The number of hydrogen-bond donors (Lipinski definition) is 1. The SMILES string of the molecule is COC(=O)C(C)CN(CCOCCO)C(=O)c1ccc(Cl)cc1. The van der Waals surface area contributed by atoms with E-state index in [1.165, 1.54) is 12.0 Å². The molecular formula is C16H22ClNO5. The first-order valence-electron chi connectivity index (χ1n) is 7.30. The lowest BCUT2D eigenvalue weighted by Crippen LogP contribution is -2.39. The predicted molar refractivity (Wildman–Crippen MR) is 86.4 cm³/mol. The molecule has 0 radical (unpaired) electrons. The van der Waals surface area contributed by atoms with Gasteiger partial charge in [-0.15, -0.1) is 0 Å². The highest BCUT2D eigenvalue weighted by atomic mass is 35.5. The zero-order chi connectivity index (χ0) is 17.2. The van der Waals surface area contributed by atoms with Crippen LogP contribution in [0.3, 0.4) is 0 Å². The van der Waals surface area contributed by atoms with Gasteiger partial charge in [-0.3, -0.25) is 9.59 Å². The fourth-order valence-corrected chi connectivity index (χ4v) is 2.12. The van der Waals surface area contributed by atoms with Gasteiger partial charge in [0.05, 0.1) is 32.8 Å². The maximum Gasteiger partial charge on any atom is 0.310 e. The van der Waals surface area contributed by atoms with Crippen molar-refractivity contribution in [2.75, 3.05) is 40.0 Å². The summed E-state index contributed by atoms with van der Waals surface area (Å²) in [5.74, 6) is -1.05. The molecule has 0 bridgehead atoms. The van der Waals surface area contributed by atoms with Crippen molar-refractivity contribution in [2.24, 2.45) is 5.92 Å². The van der Waals surface area contributed by atoms with Crippen LogP contribution in [0.1, 0.15) is 17.3 Å². The van der Waals surface area contributed by atoms with Gasteiger partial charge in [0.2, 0.25) is 0 Å². The minimum atomic E-state index is -0.450. The average Bonchev–Trinajstić information content (AvgIpc) is 2.56. The van der Waals surface area contributed by atoms with Crippen LogP contribution in [0.2, 0.25) is 5.02 Å². The molecule has 23 heavy (non-hydrogen) atoms. The number of rotatable bonds is 9. The molecule has 0 saturated carbocycles. The number of benzene rings is 1. The molecule has 0 saturated heterocycles. The Morgan fingerprint density at radius 2 is 1.91 bits per heavy atom. The number of aliphatic hydroxyl groups is 1. The normalized spacial score (nSPS) is 11.8. The average molecular weight is 344 g/mol. The van der Waals surface area contributed by atoms with Crippen LogP contribution in [0, 0.1) is 5.92 Å². The maximum atomic E-state index is 12.6. The zero-order valence-corrected chi connectivity index (χ0v) is 14.1. The van der Waals surface area contributed by atoms with Crippen molar-refractivity contribution in [2.45, 2.75) is 6.92 Å². The Morgan fingerprint density at radius 1 is 1.26 bits per heavy atom. The Bertz CT molecular complexity index is 506. The monoisotopic (exact) mass is 343 g/mol. The molecule has 7 heteroatoms. The number of esters is 1. The second-order valence-electron chi connectivity index (χ2n) is 5.02. The van der Waals surface area contributed by atoms with Crippen LogP contribution in [-0.2, 0) is 14.3 Å². The van der Waals surface area contributed by atoms with Crippen LogP contribution in [0.15, 0.2) is 24.3 Å². The van der Waals surface area contributed by atoms with E-state index in [2.05, 4.69) is 0 Å². The number of carbonyl (C=O) groups excluding carboxylic acids is 2. The van der Waals surface area contributed by atoms with E-state index in [4.69, 9.17) is 26.2 Å². The Morgan fingerprint density at radius 3 is 2.48 bits per heavy atom. The number of aliphatic hydroxyl groups excluding tert-OH is 1. The topological polar surface area (TPSA) is 76.1 Å². The lowest BCUT2D eigenvalue weighted by molar-refractivity contribution is -0.145. The smallest absolute Gasteiger partial charge is 0.310 e. The lowest BCUT2D eigenvalue weighted by Gasteiger charge is -2.25. The summed E-state index contributed by atoms with van der Waals surface area (Å²) in [5.41, 5.74) is 0.480. The summed E-state index contributed by atoms with van der Waals surface area (Å²) in [4.78, 5) is 25.7. The first kappa shape index (κ1) is 19.4. The van der Waals surface area contributed by atoms with Gasteiger partial charge in [-0.1, -0.05) is 18.5 Å². The molecule has 1 unspecified atom stereocenters. The van der Waals surface area contributed by atoms with E-state index in [0.717, 1.165) is 0 Å². The number of amides is 1. The molecule has 0 aliphatic heterocycles. The first-order valence-corrected chi connectivity index (χ1v) is 7.68. The standard InChI is InChI=1S/C16H22ClNO5/c1-12(16(21)22-2)11-18(7-9-23-10-8-19)15(20)13-3-5-14(17)6-4-13/h3-6,12,19H,7-11H2,1-2H3. The summed E-state index contributed by atoms with van der Waals surface area (Å²) in [6.07, 6.45) is 0. The largest absolute Gasteiger partial charge is 0.469 e. The van der Waals surface area contributed by atoms with Gasteiger partial charge >= 0.3 is 5.97 Å². The summed E-state index contributed by atoms with van der Waals surface area (Å²) >= 11 is 5.83. The zero-order valence-electron chi connectivity index (χ0n) is 13.3. The lowest BCUT2D eigenvalue weighted by atomic mass is 10.1. The highest BCUT2D eigenvalue weighted by Gasteiger charge is 2.22. The number of carbonyl (C=O) groups is 2. The third-order valence-electron chi connectivity index (χ3n) is 3.22. The molecule has 0 aliphatic rings. The Hall–Kier alpha value is -1.63. The molecule has 1 amide bonds. The number of nitrogens with zero attached hydrogens (tertiary/aromatic N) is 1. The van der Waals surface area contributed by atoms with E-state index in [-0.39, 0.29) is 38.2 Å². The van der Waals surface area contributed by atoms with Crippen molar-refractivity contribution >= 4 is 23.5 Å². The molecular weight excluding hydrogens is 322 g/mol. The minimum absolute atomic E-state index is 0.0797. The van der Waals surface area contributed by atoms with Gasteiger partial charge < -0.3 is 19.5 Å². The van der Waals surface area contributed by atoms with Crippen molar-refractivity contribution in [3.8, 4) is 0 Å². The molecule has 1 aromatic carbocycles. The molecule has 1 rings (SSSR count). The summed E-state index contributed by atoms with van der Waals surface area (Å²) in [5, 5.41) is 9.26. The van der Waals surface area contributed by atoms with Gasteiger partial charge in [0.1, 0.15) is 0 Å². The van der Waals surface area contributed by atoms with E-state index >= 15 is 0 Å². The summed E-state index contributed by atoms with van der Waals surface area (Å²) in [6.45, 7) is 2.62. The van der Waals surface area contributed by atoms with Crippen molar-refractivity contribution < 1.29 is 24.2 Å². The molecule has 1 N–H and O–H groups in total. The van der Waals surface area contributed by atoms with Crippen molar-refractivity contribution in [1.29, 1.82) is 0 Å². The van der Waals surface area contributed by atoms with Gasteiger partial charge in [-0.25, -0.2) is 0 Å².